The molecule has 66 heavy (non-hydrogen) atoms. The van der Waals surface area contributed by atoms with Crippen LogP contribution < -0.4 is 26.4 Å². The van der Waals surface area contributed by atoms with Gasteiger partial charge in [-0.25, -0.2) is 87.8 Å². The highest BCUT2D eigenvalue weighted by atomic mass is 19.2. The van der Waals surface area contributed by atoms with Crippen LogP contribution in [-0.4, -0.2) is 11.1 Å². The van der Waals surface area contributed by atoms with Gasteiger partial charge in [-0.1, -0.05) is 42.5 Å². The van der Waals surface area contributed by atoms with Gasteiger partial charge in [-0.15, -0.1) is 21.9 Å². The van der Waals surface area contributed by atoms with Crippen molar-refractivity contribution in [1.82, 2.24) is 4.98 Å². The second-order valence-electron chi connectivity index (χ2n) is 14.1. The average molecular weight is 954 g/mol. The van der Waals surface area contributed by atoms with E-state index in [0.717, 1.165) is 12.2 Å². The second-order valence-corrected chi connectivity index (χ2v) is 14.1. The van der Waals surface area contributed by atoms with Crippen LogP contribution in [0.4, 0.5) is 87.8 Å². The molecule has 0 N–H and O–H groups in total. The molecule has 2 nitrogen and oxygen atoms in total. The molecule has 0 saturated heterocycles. The van der Waals surface area contributed by atoms with E-state index in [1.165, 1.54) is 22.3 Å². The van der Waals surface area contributed by atoms with Crippen LogP contribution in [0.1, 0.15) is 16.7 Å². The lowest BCUT2D eigenvalue weighted by Gasteiger charge is -2.44. The van der Waals surface area contributed by atoms with Crippen LogP contribution in [0.2, 0.25) is 0 Å². The summed E-state index contributed by atoms with van der Waals surface area (Å²) in [5.74, 6) is -71.4. The molecule has 0 unspecified atom stereocenters. The Morgan fingerprint density at radius 2 is 0.712 bits per heavy atom. The number of hydrogen-bond donors (Lipinski definition) is 0. The first-order valence-electron chi connectivity index (χ1n) is 18.1. The summed E-state index contributed by atoms with van der Waals surface area (Å²) in [5, 5.41) is 0. The van der Waals surface area contributed by atoms with Crippen LogP contribution >= 0.6 is 0 Å². The smallest absolute Gasteiger partial charge is 0.231 e. The van der Waals surface area contributed by atoms with E-state index >= 15 is 35.1 Å². The summed E-state index contributed by atoms with van der Waals surface area (Å²) in [6, 6.07) is 16.9. The third-order valence-electron chi connectivity index (χ3n) is 10.6. The van der Waals surface area contributed by atoms with Gasteiger partial charge in [-0.2, -0.15) is 4.57 Å². The maximum atomic E-state index is 15.4. The predicted molar refractivity (Wildman–Crippen MR) is 194 cm³/mol. The van der Waals surface area contributed by atoms with Crippen LogP contribution in [0.25, 0.3) is 11.3 Å². The number of aromatic nitrogens is 2. The molecule has 0 saturated carbocycles. The highest BCUT2D eigenvalue weighted by Crippen LogP contribution is 2.31. The summed E-state index contributed by atoms with van der Waals surface area (Å²) in [7, 11) is 0. The molecule has 6 aromatic carbocycles. The first-order valence-corrected chi connectivity index (χ1v) is 18.1. The third-order valence-corrected chi connectivity index (χ3v) is 10.6. The summed E-state index contributed by atoms with van der Waals surface area (Å²) in [6.45, 7) is 5.17. The van der Waals surface area contributed by atoms with Crippen molar-refractivity contribution in [2.75, 3.05) is 0 Å². The maximum Gasteiger partial charge on any atom is 0.231 e. The minimum atomic E-state index is -7.22. The molecule has 0 aliphatic carbocycles. The molecule has 344 valence electrons. The molecule has 0 aliphatic rings. The number of nitrogens with zero attached hydrogens (tertiary/aromatic N) is 2. The largest absolute Gasteiger partial charge is 0.252 e. The predicted octanol–water partition coefficient (Wildman–Crippen LogP) is 9.55. The molecule has 23 heteroatoms. The summed E-state index contributed by atoms with van der Waals surface area (Å²) in [4.78, 5) is 4.31. The zero-order valence-corrected chi connectivity index (χ0v) is 32.6. The maximum absolute atomic E-state index is 15.4. The van der Waals surface area contributed by atoms with E-state index in [4.69, 9.17) is 0 Å². The lowest BCUT2D eigenvalue weighted by Crippen LogP contribution is -2.81. The summed E-state index contributed by atoms with van der Waals surface area (Å²) in [6.07, 6.45) is -1.38. The molecule has 0 fully saturated rings. The molecule has 1 heterocycles. The second kappa shape index (κ2) is 18.2. The van der Waals surface area contributed by atoms with E-state index in [0.29, 0.717) is 0 Å². The number of rotatable bonds is 7. The number of benzene rings is 6. The van der Waals surface area contributed by atoms with Gasteiger partial charge in [0.25, 0.3) is 0 Å². The first kappa shape index (κ1) is 48.5. The fourth-order valence-electron chi connectivity index (χ4n) is 7.43. The normalized spacial score (nSPS) is 11.5. The molecule has 0 amide bonds. The van der Waals surface area contributed by atoms with Crippen molar-refractivity contribution in [1.29, 1.82) is 0 Å². The van der Waals surface area contributed by atoms with Gasteiger partial charge in [0.15, 0.2) is 82.5 Å². The van der Waals surface area contributed by atoms with Gasteiger partial charge in [0.1, 0.15) is 52.7 Å². The molecule has 0 atom stereocenters. The van der Waals surface area contributed by atoms with Crippen molar-refractivity contribution >= 4 is 28.0 Å². The van der Waals surface area contributed by atoms with E-state index < -0.39 is 144 Å². The van der Waals surface area contributed by atoms with Crippen molar-refractivity contribution in [3.63, 3.8) is 0 Å². The third kappa shape index (κ3) is 7.56. The molecule has 7 rings (SSSR count). The molecule has 0 radical (unpaired) electrons. The van der Waals surface area contributed by atoms with Crippen LogP contribution in [-0.2, 0) is 6.54 Å². The molecule has 1 aromatic heterocycles. The van der Waals surface area contributed by atoms with E-state index in [9.17, 15) is 52.7 Å². The highest BCUT2D eigenvalue weighted by Gasteiger charge is 2.52. The van der Waals surface area contributed by atoms with E-state index in [1.54, 1.807) is 0 Å². The topological polar surface area (TPSA) is 16.8 Å². The van der Waals surface area contributed by atoms with Crippen molar-refractivity contribution in [2.24, 2.45) is 0 Å². The van der Waals surface area contributed by atoms with Gasteiger partial charge < -0.3 is 0 Å². The highest BCUT2D eigenvalue weighted by molar-refractivity contribution is 7.20. The SMILES string of the molecule is Cc1cccc(-c2cncc[n+]2Cc2ccccc2)c1C.Fc1c(F)c(F)c([B-](c2c(F)c(F)c(F)c(F)c2F)(c2c(F)c(F)c(F)c(F)c2F)c2c(F)c(F)c(F)c(F)c2F)c(F)c1F. The lowest BCUT2D eigenvalue weighted by atomic mass is 9.12. The van der Waals surface area contributed by atoms with Crippen LogP contribution in [0.5, 0.6) is 0 Å². The summed E-state index contributed by atoms with van der Waals surface area (Å²) < 4.78 is 296. The summed E-state index contributed by atoms with van der Waals surface area (Å²) >= 11 is 0. The molecule has 7 aromatic rings. The number of aryl methyl sites for hydroxylation is 1. The minimum absolute atomic E-state index is 0.853. The molecule has 0 spiro atoms. The monoisotopic (exact) mass is 954 g/mol. The van der Waals surface area contributed by atoms with Crippen molar-refractivity contribution in [3.05, 3.63) is 200 Å². The van der Waals surface area contributed by atoms with Crippen LogP contribution in [0.15, 0.2) is 67.1 Å². The van der Waals surface area contributed by atoms with E-state index in [2.05, 4.69) is 65.9 Å². The Hall–Kier alpha value is -6.94. The van der Waals surface area contributed by atoms with Crippen molar-refractivity contribution < 1.29 is 92.4 Å². The van der Waals surface area contributed by atoms with Crippen LogP contribution in [0.3, 0.4) is 0 Å². The Morgan fingerprint density at radius 1 is 0.394 bits per heavy atom. The van der Waals surface area contributed by atoms with Crippen molar-refractivity contribution in [3.8, 4) is 11.3 Å². The van der Waals surface area contributed by atoms with Gasteiger partial charge in [-0.3, -0.25) is 4.98 Å². The molecule has 0 aliphatic heterocycles. The Bertz CT molecular complexity index is 2710. The number of halogens is 20. The zero-order valence-electron chi connectivity index (χ0n) is 32.6. The summed E-state index contributed by atoms with van der Waals surface area (Å²) in [5.41, 5.74) is -8.01. The number of hydrogen-bond acceptors (Lipinski definition) is 1. The Morgan fingerprint density at radius 3 is 1.05 bits per heavy atom. The van der Waals surface area contributed by atoms with Gasteiger partial charge in [-0.05, 0) is 31.0 Å². The van der Waals surface area contributed by atoms with Gasteiger partial charge in [0.05, 0.1) is 18.0 Å². The fraction of sp³-hybridized carbons (Fsp3) is 0.0698. The van der Waals surface area contributed by atoms with Crippen molar-refractivity contribution in [2.45, 2.75) is 20.4 Å². The standard InChI is InChI=1S/C24BF20.C19H19N2/c26-5-1(6(27)14(35)21(42)13(5)34)25(2-7(28)15(36)22(43)16(37)8(2)29,3-9(30)17(38)23(44)18(39)10(3)31)4-11(32)19(40)24(45)20(41)12(4)33;1-15-7-6-10-18(16(15)2)19-13-20-11-12-21(19)14-17-8-4-3-5-9-17/h;3-13H,14H2,1-2H3/q-1;+1. The van der Waals surface area contributed by atoms with E-state index in [-0.39, 0.29) is 0 Å². The molecular weight excluding hydrogens is 935 g/mol. The van der Waals surface area contributed by atoms with Gasteiger partial charge in [0, 0.05) is 5.56 Å². The zero-order chi connectivity index (χ0) is 49.0. The van der Waals surface area contributed by atoms with Crippen LogP contribution in [0, 0.1) is 130 Å². The Balaban J connectivity index is 0.000000284. The van der Waals surface area contributed by atoms with Gasteiger partial charge >= 0.3 is 0 Å². The Labute approximate surface area is 356 Å². The van der Waals surface area contributed by atoms with Gasteiger partial charge in [0.2, 0.25) is 5.69 Å². The molecular formula is C43H19BF20N2. The minimum Gasteiger partial charge on any atom is -0.252 e. The molecule has 0 bridgehead atoms. The first-order chi connectivity index (χ1) is 31.0. The van der Waals surface area contributed by atoms with E-state index in [1.807, 2.05) is 24.7 Å². The Kier molecular flexibility index (Phi) is 13.3. The lowest BCUT2D eigenvalue weighted by molar-refractivity contribution is -0.678. The quantitative estimate of drug-likeness (QED) is 0.0512. The fourth-order valence-corrected chi connectivity index (χ4v) is 7.43. The average Bonchev–Trinajstić information content (AvgIpc) is 3.30.